The van der Waals surface area contributed by atoms with Crippen LogP contribution in [-0.2, 0) is 4.79 Å². The average molecular weight is 324 g/mol. The molecule has 0 bridgehead atoms. The number of ether oxygens (including phenoxy) is 1. The first-order chi connectivity index (χ1) is 8.95. The molecule has 19 heavy (non-hydrogen) atoms. The second-order valence-electron chi connectivity index (χ2n) is 4.52. The Labute approximate surface area is 122 Å². The van der Waals surface area contributed by atoms with Gasteiger partial charge in [0.05, 0.1) is 6.54 Å². The molecule has 0 aliphatic heterocycles. The Hall–Kier alpha value is -1.47. The first kappa shape index (κ1) is 15.6. The van der Waals surface area contributed by atoms with Crippen molar-refractivity contribution in [3.8, 4) is 18.1 Å². The second kappa shape index (κ2) is 7.20. The molecule has 1 aromatic rings. The number of amides is 1. The summed E-state index contributed by atoms with van der Waals surface area (Å²) in [6, 6.07) is 5.77. The average Bonchev–Trinajstić information content (AvgIpc) is 2.37. The number of carbonyl (C=O) groups is 1. The SMILES string of the molecule is C#CCNC(=O)C(C)Oc1ccc(Br)cc1C(C)C. The Morgan fingerprint density at radius 2 is 2.16 bits per heavy atom. The highest BCUT2D eigenvalue weighted by Crippen LogP contribution is 2.30. The molecular formula is C15H18BrNO2. The van der Waals surface area contributed by atoms with Gasteiger partial charge in [-0.25, -0.2) is 0 Å². The van der Waals surface area contributed by atoms with Crippen molar-refractivity contribution >= 4 is 21.8 Å². The number of hydrogen-bond acceptors (Lipinski definition) is 2. The zero-order chi connectivity index (χ0) is 14.4. The van der Waals surface area contributed by atoms with E-state index in [1.807, 2.05) is 18.2 Å². The molecule has 0 saturated carbocycles. The molecule has 0 spiro atoms. The van der Waals surface area contributed by atoms with Crippen LogP contribution in [0, 0.1) is 12.3 Å². The molecule has 4 heteroatoms. The van der Waals surface area contributed by atoms with Gasteiger partial charge in [-0.1, -0.05) is 35.7 Å². The lowest BCUT2D eigenvalue weighted by molar-refractivity contribution is -0.127. The van der Waals surface area contributed by atoms with Gasteiger partial charge in [0.25, 0.3) is 5.91 Å². The fourth-order valence-electron chi connectivity index (χ4n) is 1.60. The fraction of sp³-hybridized carbons (Fsp3) is 0.400. The third-order valence-electron chi connectivity index (χ3n) is 2.63. The topological polar surface area (TPSA) is 38.3 Å². The summed E-state index contributed by atoms with van der Waals surface area (Å²) in [4.78, 5) is 11.7. The number of hydrogen-bond donors (Lipinski definition) is 1. The van der Waals surface area contributed by atoms with Crippen LogP contribution in [0.2, 0.25) is 0 Å². The summed E-state index contributed by atoms with van der Waals surface area (Å²) < 4.78 is 6.71. The van der Waals surface area contributed by atoms with Crippen LogP contribution in [0.4, 0.5) is 0 Å². The number of rotatable bonds is 5. The van der Waals surface area contributed by atoms with Crippen LogP contribution in [0.15, 0.2) is 22.7 Å². The largest absolute Gasteiger partial charge is 0.481 e. The fourth-order valence-corrected chi connectivity index (χ4v) is 1.98. The lowest BCUT2D eigenvalue weighted by Gasteiger charge is -2.18. The van der Waals surface area contributed by atoms with E-state index in [1.54, 1.807) is 6.92 Å². The van der Waals surface area contributed by atoms with Gasteiger partial charge in [0.15, 0.2) is 6.10 Å². The number of benzene rings is 1. The van der Waals surface area contributed by atoms with Gasteiger partial charge in [-0.15, -0.1) is 6.42 Å². The minimum Gasteiger partial charge on any atom is -0.481 e. The summed E-state index contributed by atoms with van der Waals surface area (Å²) in [5, 5.41) is 2.60. The molecule has 0 saturated heterocycles. The normalized spacial score (nSPS) is 11.8. The van der Waals surface area contributed by atoms with Gasteiger partial charge in [-0.3, -0.25) is 4.79 Å². The van der Waals surface area contributed by atoms with Crippen molar-refractivity contribution < 1.29 is 9.53 Å². The predicted octanol–water partition coefficient (Wildman–Crippen LogP) is 3.09. The summed E-state index contributed by atoms with van der Waals surface area (Å²) in [5.41, 5.74) is 1.06. The van der Waals surface area contributed by atoms with Crippen molar-refractivity contribution in [1.82, 2.24) is 5.32 Å². The first-order valence-electron chi connectivity index (χ1n) is 6.13. The Morgan fingerprint density at radius 1 is 1.47 bits per heavy atom. The van der Waals surface area contributed by atoms with Crippen LogP contribution in [0.5, 0.6) is 5.75 Å². The van der Waals surface area contributed by atoms with Gasteiger partial charge in [0.1, 0.15) is 5.75 Å². The zero-order valence-corrected chi connectivity index (χ0v) is 13.0. The molecule has 0 fully saturated rings. The van der Waals surface area contributed by atoms with Crippen molar-refractivity contribution in [2.75, 3.05) is 6.54 Å². The molecule has 1 atom stereocenters. The van der Waals surface area contributed by atoms with Gasteiger partial charge in [0, 0.05) is 4.47 Å². The second-order valence-corrected chi connectivity index (χ2v) is 5.43. The molecule has 1 unspecified atom stereocenters. The van der Waals surface area contributed by atoms with Crippen LogP contribution in [0.1, 0.15) is 32.3 Å². The van der Waals surface area contributed by atoms with Crippen molar-refractivity contribution in [3.05, 3.63) is 28.2 Å². The summed E-state index contributed by atoms with van der Waals surface area (Å²) in [6.45, 7) is 6.08. The maximum atomic E-state index is 11.7. The first-order valence-corrected chi connectivity index (χ1v) is 6.92. The quantitative estimate of drug-likeness (QED) is 0.845. The van der Waals surface area contributed by atoms with Gasteiger partial charge >= 0.3 is 0 Å². The minimum atomic E-state index is -0.577. The standard InChI is InChI=1S/C15H18BrNO2/c1-5-8-17-15(18)11(4)19-14-7-6-12(16)9-13(14)10(2)3/h1,6-7,9-11H,8H2,2-4H3,(H,17,18). The highest BCUT2D eigenvalue weighted by atomic mass is 79.9. The molecule has 0 heterocycles. The minimum absolute atomic E-state index is 0.212. The van der Waals surface area contributed by atoms with E-state index >= 15 is 0 Å². The lowest BCUT2D eigenvalue weighted by atomic mass is 10.0. The maximum Gasteiger partial charge on any atom is 0.261 e. The van der Waals surface area contributed by atoms with Crippen LogP contribution in [0.3, 0.4) is 0 Å². The van der Waals surface area contributed by atoms with E-state index < -0.39 is 6.10 Å². The van der Waals surface area contributed by atoms with E-state index in [1.165, 1.54) is 0 Å². The van der Waals surface area contributed by atoms with Gasteiger partial charge < -0.3 is 10.1 Å². The lowest BCUT2D eigenvalue weighted by Crippen LogP contribution is -2.36. The molecule has 1 aromatic carbocycles. The number of terminal acetylenes is 1. The molecule has 1 amide bonds. The number of halogens is 1. The molecule has 0 radical (unpaired) electrons. The van der Waals surface area contributed by atoms with E-state index in [2.05, 4.69) is 41.0 Å². The van der Waals surface area contributed by atoms with Gasteiger partial charge in [0.2, 0.25) is 0 Å². The molecular weight excluding hydrogens is 306 g/mol. The van der Waals surface area contributed by atoms with E-state index in [4.69, 9.17) is 11.2 Å². The van der Waals surface area contributed by atoms with Crippen LogP contribution < -0.4 is 10.1 Å². The summed E-state index contributed by atoms with van der Waals surface area (Å²) in [6.07, 6.45) is 4.52. The maximum absolute atomic E-state index is 11.7. The third-order valence-corrected chi connectivity index (χ3v) is 3.12. The van der Waals surface area contributed by atoms with E-state index in [-0.39, 0.29) is 12.5 Å². The van der Waals surface area contributed by atoms with E-state index in [0.717, 1.165) is 15.8 Å². The molecule has 0 aliphatic carbocycles. The zero-order valence-electron chi connectivity index (χ0n) is 11.4. The molecule has 1 rings (SSSR count). The monoisotopic (exact) mass is 323 g/mol. The molecule has 1 N–H and O–H groups in total. The molecule has 0 aliphatic rings. The Kier molecular flexibility index (Phi) is 5.91. The Balaban J connectivity index is 2.82. The Morgan fingerprint density at radius 3 is 2.74 bits per heavy atom. The van der Waals surface area contributed by atoms with Crippen molar-refractivity contribution in [3.63, 3.8) is 0 Å². The van der Waals surface area contributed by atoms with Gasteiger partial charge in [-0.2, -0.15) is 0 Å². The van der Waals surface area contributed by atoms with Crippen LogP contribution in [-0.4, -0.2) is 18.6 Å². The predicted molar refractivity (Wildman–Crippen MR) is 80.2 cm³/mol. The molecule has 0 aromatic heterocycles. The summed E-state index contributed by atoms with van der Waals surface area (Å²) >= 11 is 3.44. The smallest absolute Gasteiger partial charge is 0.261 e. The molecule has 3 nitrogen and oxygen atoms in total. The highest BCUT2D eigenvalue weighted by Gasteiger charge is 2.17. The molecule has 102 valence electrons. The van der Waals surface area contributed by atoms with Crippen molar-refractivity contribution in [2.45, 2.75) is 32.8 Å². The van der Waals surface area contributed by atoms with Crippen LogP contribution >= 0.6 is 15.9 Å². The van der Waals surface area contributed by atoms with Gasteiger partial charge in [-0.05, 0) is 36.6 Å². The van der Waals surface area contributed by atoms with E-state index in [9.17, 15) is 4.79 Å². The van der Waals surface area contributed by atoms with Crippen molar-refractivity contribution in [2.24, 2.45) is 0 Å². The number of nitrogens with one attached hydrogen (secondary N) is 1. The number of carbonyl (C=O) groups excluding carboxylic acids is 1. The van der Waals surface area contributed by atoms with Crippen molar-refractivity contribution in [1.29, 1.82) is 0 Å². The summed E-state index contributed by atoms with van der Waals surface area (Å²) in [7, 11) is 0. The van der Waals surface area contributed by atoms with Crippen LogP contribution in [0.25, 0.3) is 0 Å². The summed E-state index contributed by atoms with van der Waals surface area (Å²) in [5.74, 6) is 3.19. The third kappa shape index (κ3) is 4.60. The highest BCUT2D eigenvalue weighted by molar-refractivity contribution is 9.10. The Bertz CT molecular complexity index is 491. The van der Waals surface area contributed by atoms with E-state index in [0.29, 0.717) is 5.92 Å².